The first-order valence-electron chi connectivity index (χ1n) is 7.30. The molecule has 1 amide bonds. The monoisotopic (exact) mass is 364 g/mol. The minimum absolute atomic E-state index is 0.183. The molecule has 0 saturated heterocycles. The van der Waals surface area contributed by atoms with Crippen molar-refractivity contribution in [1.29, 1.82) is 0 Å². The van der Waals surface area contributed by atoms with Crippen LogP contribution in [0.1, 0.15) is 28.4 Å². The van der Waals surface area contributed by atoms with Crippen LogP contribution in [0.15, 0.2) is 42.5 Å². The van der Waals surface area contributed by atoms with E-state index in [1.165, 1.54) is 0 Å². The lowest BCUT2D eigenvalue weighted by atomic mass is 9.92. The molecule has 7 heteroatoms. The van der Waals surface area contributed by atoms with Crippen LogP contribution in [0.5, 0.6) is 0 Å². The molecule has 2 aromatic rings. The number of halogens is 2. The fraction of sp³-hybridized carbons (Fsp3) is 0.176. The second-order valence-electron chi connectivity index (χ2n) is 5.51. The van der Waals surface area contributed by atoms with E-state index in [2.05, 4.69) is 10.6 Å². The Kier molecular flexibility index (Phi) is 4.64. The van der Waals surface area contributed by atoms with Crippen LogP contribution >= 0.6 is 23.2 Å². The lowest BCUT2D eigenvalue weighted by molar-refractivity contribution is -0.138. The normalized spacial score (nSPS) is 19.1. The van der Waals surface area contributed by atoms with Gasteiger partial charge in [0, 0.05) is 33.3 Å². The number of benzene rings is 2. The molecule has 1 heterocycles. The molecule has 0 unspecified atom stereocenters. The van der Waals surface area contributed by atoms with Gasteiger partial charge in [0.1, 0.15) is 6.04 Å². The van der Waals surface area contributed by atoms with E-state index in [4.69, 9.17) is 23.2 Å². The first kappa shape index (κ1) is 16.6. The minimum atomic E-state index is -1.00. The van der Waals surface area contributed by atoms with Gasteiger partial charge in [-0.05, 0) is 24.3 Å². The molecule has 2 aromatic carbocycles. The second kappa shape index (κ2) is 6.71. The Morgan fingerprint density at radius 3 is 2.54 bits per heavy atom. The molecule has 0 aromatic heterocycles. The number of carbonyl (C=O) groups is 2. The van der Waals surface area contributed by atoms with E-state index < -0.39 is 18.1 Å². The molecule has 0 aliphatic carbocycles. The summed E-state index contributed by atoms with van der Waals surface area (Å²) in [5.41, 5.74) is 1.65. The Bertz CT molecular complexity index is 796. The maximum Gasteiger partial charge on any atom is 0.326 e. The Morgan fingerprint density at radius 1 is 1.17 bits per heavy atom. The van der Waals surface area contributed by atoms with Crippen LogP contribution in [-0.2, 0) is 4.79 Å². The Morgan fingerprint density at radius 2 is 1.88 bits per heavy atom. The van der Waals surface area contributed by atoms with Gasteiger partial charge in [0.25, 0.3) is 5.91 Å². The molecule has 0 radical (unpaired) electrons. The fourth-order valence-corrected chi connectivity index (χ4v) is 3.41. The third kappa shape index (κ3) is 3.32. The number of aliphatic carboxylic acids is 1. The number of amides is 1. The maximum absolute atomic E-state index is 12.4. The third-order valence-corrected chi connectivity index (χ3v) is 4.41. The van der Waals surface area contributed by atoms with Gasteiger partial charge in [0.05, 0.1) is 6.04 Å². The first-order chi connectivity index (χ1) is 11.5. The molecule has 24 heavy (non-hydrogen) atoms. The number of hydrogen-bond donors (Lipinski definition) is 3. The molecule has 1 aliphatic heterocycles. The highest BCUT2D eigenvalue weighted by Crippen LogP contribution is 2.39. The topological polar surface area (TPSA) is 78.4 Å². The molecular formula is C17H14Cl2N2O3. The average Bonchev–Trinajstić information content (AvgIpc) is 2.54. The third-order valence-electron chi connectivity index (χ3n) is 3.88. The van der Waals surface area contributed by atoms with Crippen molar-refractivity contribution in [2.75, 3.05) is 5.32 Å². The molecule has 3 N–H and O–H groups in total. The number of nitrogens with one attached hydrogen (secondary N) is 2. The molecule has 0 fully saturated rings. The molecule has 5 nitrogen and oxygen atoms in total. The van der Waals surface area contributed by atoms with E-state index in [1.54, 1.807) is 36.4 Å². The standard InChI is InChI=1S/C17H14Cl2N2O3/c18-10-6-11(19)15-12(7-10)20-14(17(23)24)8-13(15)21-16(22)9-4-2-1-3-5-9/h1-7,13-14,20H,8H2,(H,21,22)(H,23,24)/t13-,14-/m1/s1. The Balaban J connectivity index is 1.95. The zero-order valence-corrected chi connectivity index (χ0v) is 13.9. The summed E-state index contributed by atoms with van der Waals surface area (Å²) >= 11 is 12.3. The van der Waals surface area contributed by atoms with Crippen LogP contribution in [0.2, 0.25) is 10.0 Å². The molecule has 0 spiro atoms. The summed E-state index contributed by atoms with van der Waals surface area (Å²) in [7, 11) is 0. The van der Waals surface area contributed by atoms with Crippen molar-refractivity contribution >= 4 is 40.8 Å². The predicted octanol–water partition coefficient (Wildman–Crippen LogP) is 3.73. The number of carbonyl (C=O) groups excluding carboxylic acids is 1. The van der Waals surface area contributed by atoms with E-state index >= 15 is 0 Å². The zero-order chi connectivity index (χ0) is 17.3. The van der Waals surface area contributed by atoms with Gasteiger partial charge in [-0.3, -0.25) is 4.79 Å². The Hall–Kier alpha value is -2.24. The molecule has 3 rings (SSSR count). The van der Waals surface area contributed by atoms with Gasteiger partial charge in [-0.25, -0.2) is 4.79 Å². The van der Waals surface area contributed by atoms with Crippen molar-refractivity contribution in [1.82, 2.24) is 5.32 Å². The van der Waals surface area contributed by atoms with Crippen LogP contribution < -0.4 is 10.6 Å². The summed E-state index contributed by atoms with van der Waals surface area (Å²) in [5, 5.41) is 15.9. The van der Waals surface area contributed by atoms with Gasteiger partial charge in [-0.1, -0.05) is 41.4 Å². The SMILES string of the molecule is O=C(N[C@@H]1C[C@H](C(=O)O)Nc2cc(Cl)cc(Cl)c21)c1ccccc1. The van der Waals surface area contributed by atoms with E-state index in [-0.39, 0.29) is 12.3 Å². The zero-order valence-electron chi connectivity index (χ0n) is 12.4. The lowest BCUT2D eigenvalue weighted by Gasteiger charge is -2.32. The van der Waals surface area contributed by atoms with E-state index in [0.29, 0.717) is 26.9 Å². The second-order valence-corrected chi connectivity index (χ2v) is 6.36. The number of fused-ring (bicyclic) bond motifs is 1. The lowest BCUT2D eigenvalue weighted by Crippen LogP contribution is -2.41. The minimum Gasteiger partial charge on any atom is -0.480 e. The van der Waals surface area contributed by atoms with E-state index in [1.807, 2.05) is 6.07 Å². The summed E-state index contributed by atoms with van der Waals surface area (Å²) in [5.74, 6) is -1.29. The van der Waals surface area contributed by atoms with Crippen LogP contribution in [0.3, 0.4) is 0 Å². The van der Waals surface area contributed by atoms with Crippen LogP contribution in [-0.4, -0.2) is 23.0 Å². The number of hydrogen-bond acceptors (Lipinski definition) is 3. The van der Waals surface area contributed by atoms with Crippen molar-refractivity contribution in [3.05, 3.63) is 63.6 Å². The van der Waals surface area contributed by atoms with Gasteiger partial charge in [0.2, 0.25) is 0 Å². The highest BCUT2D eigenvalue weighted by molar-refractivity contribution is 6.35. The first-order valence-corrected chi connectivity index (χ1v) is 8.05. The summed E-state index contributed by atoms with van der Waals surface area (Å²) in [6, 6.07) is 10.5. The van der Waals surface area contributed by atoms with Crippen molar-refractivity contribution in [3.8, 4) is 0 Å². The number of anilines is 1. The van der Waals surface area contributed by atoms with Crippen molar-refractivity contribution in [3.63, 3.8) is 0 Å². The summed E-state index contributed by atoms with van der Waals surface area (Å²) in [4.78, 5) is 23.8. The Labute approximate surface area is 148 Å². The van der Waals surface area contributed by atoms with Crippen LogP contribution in [0.25, 0.3) is 0 Å². The molecule has 2 atom stereocenters. The fourth-order valence-electron chi connectivity index (χ4n) is 2.78. The molecule has 0 bridgehead atoms. The smallest absolute Gasteiger partial charge is 0.326 e. The highest BCUT2D eigenvalue weighted by Gasteiger charge is 2.33. The van der Waals surface area contributed by atoms with Crippen molar-refractivity contribution in [2.24, 2.45) is 0 Å². The quantitative estimate of drug-likeness (QED) is 0.775. The van der Waals surface area contributed by atoms with E-state index in [0.717, 1.165) is 0 Å². The van der Waals surface area contributed by atoms with Gasteiger partial charge >= 0.3 is 5.97 Å². The van der Waals surface area contributed by atoms with E-state index in [9.17, 15) is 14.7 Å². The molecule has 0 saturated carbocycles. The number of carboxylic acid groups (broad SMARTS) is 1. The summed E-state index contributed by atoms with van der Waals surface area (Å²) in [6.45, 7) is 0. The highest BCUT2D eigenvalue weighted by atomic mass is 35.5. The summed E-state index contributed by atoms with van der Waals surface area (Å²) < 4.78 is 0. The van der Waals surface area contributed by atoms with Crippen LogP contribution in [0, 0.1) is 0 Å². The predicted molar refractivity (Wildman–Crippen MR) is 92.8 cm³/mol. The van der Waals surface area contributed by atoms with Gasteiger partial charge < -0.3 is 15.7 Å². The van der Waals surface area contributed by atoms with Gasteiger partial charge in [-0.15, -0.1) is 0 Å². The maximum atomic E-state index is 12.4. The molecule has 124 valence electrons. The van der Waals surface area contributed by atoms with Crippen molar-refractivity contribution < 1.29 is 14.7 Å². The van der Waals surface area contributed by atoms with Crippen LogP contribution in [0.4, 0.5) is 5.69 Å². The average molecular weight is 365 g/mol. The number of carboxylic acids is 1. The largest absolute Gasteiger partial charge is 0.480 e. The van der Waals surface area contributed by atoms with Gasteiger partial charge in [0.15, 0.2) is 0 Å². The van der Waals surface area contributed by atoms with Crippen molar-refractivity contribution in [2.45, 2.75) is 18.5 Å². The summed E-state index contributed by atoms with van der Waals surface area (Å²) in [6.07, 6.45) is 0.183. The van der Waals surface area contributed by atoms with Gasteiger partial charge in [-0.2, -0.15) is 0 Å². The molecular weight excluding hydrogens is 351 g/mol. The molecule has 1 aliphatic rings. The number of rotatable bonds is 3.